The van der Waals surface area contributed by atoms with Crippen molar-refractivity contribution in [1.29, 1.82) is 0 Å². The van der Waals surface area contributed by atoms with Crippen LogP contribution in [-0.4, -0.2) is 27.5 Å². The van der Waals surface area contributed by atoms with E-state index in [9.17, 15) is 4.39 Å². The highest BCUT2D eigenvalue weighted by molar-refractivity contribution is 5.79. The minimum Gasteiger partial charge on any atom is -0.496 e. The number of ether oxygens (including phenoxy) is 2. The zero-order chi connectivity index (χ0) is 18.8. The van der Waals surface area contributed by atoms with E-state index in [1.54, 1.807) is 19.2 Å². The molecule has 0 spiro atoms. The quantitative estimate of drug-likeness (QED) is 0.563. The van der Waals surface area contributed by atoms with Gasteiger partial charge in [0.15, 0.2) is 16.9 Å². The molecule has 0 aliphatic heterocycles. The number of anilines is 1. The second-order valence-corrected chi connectivity index (χ2v) is 5.85. The first-order valence-corrected chi connectivity index (χ1v) is 8.17. The molecule has 4 rings (SSSR count). The monoisotopic (exact) mass is 365 g/mol. The van der Waals surface area contributed by atoms with Gasteiger partial charge in [-0.15, -0.1) is 5.10 Å². The van der Waals surface area contributed by atoms with Crippen molar-refractivity contribution in [2.24, 2.45) is 0 Å². The molecule has 0 saturated carbocycles. The number of fused-ring (bicyclic) bond motifs is 1. The van der Waals surface area contributed by atoms with Crippen LogP contribution < -0.4 is 15.2 Å². The molecule has 0 unspecified atom stereocenters. The number of pyridine rings is 1. The first kappa shape index (κ1) is 16.8. The molecule has 0 fully saturated rings. The molecule has 0 radical (unpaired) electrons. The molecule has 0 amide bonds. The van der Waals surface area contributed by atoms with Gasteiger partial charge in [0.1, 0.15) is 24.0 Å². The SMILES string of the molecule is COc1c(COc2cc(N)nc3[nH]nnc23)cccc1-c1cccc(F)c1. The number of nitrogens with one attached hydrogen (secondary N) is 1. The molecule has 0 aliphatic rings. The van der Waals surface area contributed by atoms with Crippen molar-refractivity contribution in [2.75, 3.05) is 12.8 Å². The fraction of sp³-hybridized carbons (Fsp3) is 0.105. The van der Waals surface area contributed by atoms with Gasteiger partial charge in [0.05, 0.1) is 7.11 Å². The van der Waals surface area contributed by atoms with E-state index < -0.39 is 0 Å². The minimum atomic E-state index is -0.308. The summed E-state index contributed by atoms with van der Waals surface area (Å²) in [5.74, 6) is 1.06. The van der Waals surface area contributed by atoms with Crippen LogP contribution >= 0.6 is 0 Å². The van der Waals surface area contributed by atoms with Crippen LogP contribution in [-0.2, 0) is 6.61 Å². The van der Waals surface area contributed by atoms with Crippen LogP contribution in [0.15, 0.2) is 48.5 Å². The van der Waals surface area contributed by atoms with E-state index in [0.717, 1.165) is 16.7 Å². The van der Waals surface area contributed by atoms with Crippen molar-refractivity contribution >= 4 is 17.0 Å². The Morgan fingerprint density at radius 2 is 2.00 bits per heavy atom. The van der Waals surface area contributed by atoms with Crippen molar-refractivity contribution in [1.82, 2.24) is 20.4 Å². The maximum absolute atomic E-state index is 13.6. The lowest BCUT2D eigenvalue weighted by atomic mass is 10.0. The van der Waals surface area contributed by atoms with E-state index in [0.29, 0.717) is 28.5 Å². The smallest absolute Gasteiger partial charge is 0.181 e. The van der Waals surface area contributed by atoms with Crippen LogP contribution in [0, 0.1) is 5.82 Å². The summed E-state index contributed by atoms with van der Waals surface area (Å²) in [5, 5.41) is 10.4. The predicted octanol–water partition coefficient (Wildman–Crippen LogP) is 3.33. The lowest BCUT2D eigenvalue weighted by molar-refractivity contribution is 0.300. The third kappa shape index (κ3) is 3.24. The number of nitrogens with two attached hydrogens (primary N) is 1. The van der Waals surface area contributed by atoms with Gasteiger partial charge in [0, 0.05) is 17.2 Å². The Kier molecular flexibility index (Phi) is 4.29. The van der Waals surface area contributed by atoms with Crippen molar-refractivity contribution in [2.45, 2.75) is 6.61 Å². The van der Waals surface area contributed by atoms with Crippen LogP contribution in [0.5, 0.6) is 11.5 Å². The van der Waals surface area contributed by atoms with Crippen LogP contribution in [0.2, 0.25) is 0 Å². The molecule has 2 heterocycles. The standard InChI is InChI=1S/C19H16FN5O2/c1-26-18-12(5-3-7-14(18)11-4-2-6-13(20)8-11)10-27-15-9-16(21)22-19-17(15)23-25-24-19/h2-9H,10H2,1H3,(H3,21,22,23,24,25). The molecular weight excluding hydrogens is 349 g/mol. The summed E-state index contributed by atoms with van der Waals surface area (Å²) in [6, 6.07) is 13.6. The van der Waals surface area contributed by atoms with Gasteiger partial charge in [0.2, 0.25) is 0 Å². The number of halogens is 1. The van der Waals surface area contributed by atoms with Crippen molar-refractivity contribution in [3.8, 4) is 22.6 Å². The summed E-state index contributed by atoms with van der Waals surface area (Å²) in [4.78, 5) is 4.10. The Balaban J connectivity index is 1.68. The van der Waals surface area contributed by atoms with Gasteiger partial charge < -0.3 is 15.2 Å². The van der Waals surface area contributed by atoms with Gasteiger partial charge in [-0.1, -0.05) is 35.5 Å². The van der Waals surface area contributed by atoms with E-state index in [2.05, 4.69) is 20.4 Å². The Morgan fingerprint density at radius 3 is 2.81 bits per heavy atom. The Hall–Kier alpha value is -3.68. The number of rotatable bonds is 5. The number of para-hydroxylation sites is 1. The normalized spacial score (nSPS) is 10.9. The summed E-state index contributed by atoms with van der Waals surface area (Å²) >= 11 is 0. The van der Waals surface area contributed by atoms with Crippen LogP contribution in [0.3, 0.4) is 0 Å². The second-order valence-electron chi connectivity index (χ2n) is 5.85. The van der Waals surface area contributed by atoms with Crippen LogP contribution in [0.25, 0.3) is 22.3 Å². The number of hydrogen-bond donors (Lipinski definition) is 2. The number of nitrogen functional groups attached to an aromatic ring is 1. The van der Waals surface area contributed by atoms with E-state index in [4.69, 9.17) is 15.2 Å². The molecule has 4 aromatic rings. The summed E-state index contributed by atoms with van der Waals surface area (Å²) in [6.07, 6.45) is 0. The lowest BCUT2D eigenvalue weighted by Gasteiger charge is -2.15. The number of aromatic nitrogens is 4. The summed E-state index contributed by atoms with van der Waals surface area (Å²) in [7, 11) is 1.57. The van der Waals surface area contributed by atoms with E-state index in [-0.39, 0.29) is 12.4 Å². The average molecular weight is 365 g/mol. The fourth-order valence-electron chi connectivity index (χ4n) is 2.92. The molecule has 0 aliphatic carbocycles. The largest absolute Gasteiger partial charge is 0.496 e. The van der Waals surface area contributed by atoms with E-state index in [1.165, 1.54) is 12.1 Å². The number of hydrogen-bond acceptors (Lipinski definition) is 6. The Morgan fingerprint density at radius 1 is 1.15 bits per heavy atom. The minimum absolute atomic E-state index is 0.206. The fourth-order valence-corrected chi connectivity index (χ4v) is 2.92. The highest BCUT2D eigenvalue weighted by Gasteiger charge is 2.14. The molecule has 0 saturated heterocycles. The molecule has 2 aromatic carbocycles. The highest BCUT2D eigenvalue weighted by atomic mass is 19.1. The van der Waals surface area contributed by atoms with Gasteiger partial charge in [-0.05, 0) is 17.7 Å². The van der Waals surface area contributed by atoms with Gasteiger partial charge in [-0.2, -0.15) is 0 Å². The maximum atomic E-state index is 13.6. The average Bonchev–Trinajstić information content (AvgIpc) is 3.14. The lowest BCUT2D eigenvalue weighted by Crippen LogP contribution is -2.02. The number of methoxy groups -OCH3 is 1. The number of nitrogens with zero attached hydrogens (tertiary/aromatic N) is 3. The predicted molar refractivity (Wildman–Crippen MR) is 98.8 cm³/mol. The zero-order valence-electron chi connectivity index (χ0n) is 14.4. The summed E-state index contributed by atoms with van der Waals surface area (Å²) in [6.45, 7) is 0.206. The van der Waals surface area contributed by atoms with Crippen LogP contribution in [0.1, 0.15) is 5.56 Å². The third-order valence-corrected chi connectivity index (χ3v) is 4.10. The molecule has 3 N–H and O–H groups in total. The van der Waals surface area contributed by atoms with Crippen molar-refractivity contribution < 1.29 is 13.9 Å². The summed E-state index contributed by atoms with van der Waals surface area (Å²) in [5.41, 5.74) is 9.03. The molecule has 0 atom stereocenters. The molecule has 27 heavy (non-hydrogen) atoms. The molecule has 7 nitrogen and oxygen atoms in total. The molecule has 136 valence electrons. The van der Waals surface area contributed by atoms with Crippen LogP contribution in [0.4, 0.5) is 10.2 Å². The number of benzene rings is 2. The highest BCUT2D eigenvalue weighted by Crippen LogP contribution is 2.34. The topological polar surface area (TPSA) is 98.9 Å². The van der Waals surface area contributed by atoms with Gasteiger partial charge in [0.25, 0.3) is 0 Å². The Bertz CT molecular complexity index is 1110. The van der Waals surface area contributed by atoms with Gasteiger partial charge in [-0.3, -0.25) is 0 Å². The van der Waals surface area contributed by atoms with Crippen molar-refractivity contribution in [3.05, 3.63) is 59.9 Å². The molecule has 8 heteroatoms. The zero-order valence-corrected chi connectivity index (χ0v) is 14.4. The van der Waals surface area contributed by atoms with E-state index >= 15 is 0 Å². The first-order valence-electron chi connectivity index (χ1n) is 8.17. The van der Waals surface area contributed by atoms with Gasteiger partial charge in [-0.25, -0.2) is 14.5 Å². The van der Waals surface area contributed by atoms with E-state index in [1.807, 2.05) is 24.3 Å². The number of aromatic amines is 1. The first-order chi connectivity index (χ1) is 13.2. The number of H-pyrrole nitrogens is 1. The van der Waals surface area contributed by atoms with Gasteiger partial charge >= 0.3 is 0 Å². The molecule has 2 aromatic heterocycles. The van der Waals surface area contributed by atoms with Crippen molar-refractivity contribution in [3.63, 3.8) is 0 Å². The Labute approximate surface area is 153 Å². The maximum Gasteiger partial charge on any atom is 0.181 e. The molecular formula is C19H16FN5O2. The second kappa shape index (κ2) is 6.91. The summed E-state index contributed by atoms with van der Waals surface area (Å²) < 4.78 is 25.1. The molecule has 0 bridgehead atoms. The third-order valence-electron chi connectivity index (χ3n) is 4.10.